The molecule has 2 rings (SSSR count). The molecule has 0 aliphatic carbocycles. The molecule has 0 saturated heterocycles. The first kappa shape index (κ1) is 16.1. The van der Waals surface area contributed by atoms with Gasteiger partial charge in [0.25, 0.3) is 5.91 Å². The summed E-state index contributed by atoms with van der Waals surface area (Å²) in [5.41, 5.74) is 0.238. The highest BCUT2D eigenvalue weighted by Crippen LogP contribution is 2.28. The van der Waals surface area contributed by atoms with Crippen molar-refractivity contribution < 1.29 is 23.1 Å². The molecule has 1 amide bonds. The molecule has 0 aliphatic rings. The van der Waals surface area contributed by atoms with Crippen molar-refractivity contribution in [3.8, 4) is 0 Å². The van der Waals surface area contributed by atoms with Gasteiger partial charge in [-0.1, -0.05) is 6.07 Å². The lowest BCUT2D eigenvalue weighted by Gasteiger charge is -2.04. The van der Waals surface area contributed by atoms with Crippen molar-refractivity contribution in [3.05, 3.63) is 51.9 Å². The standard InChI is InChI=1S/C15H13F2NO3S/c1-3-21-15(20)13-8(2)7-11(22-13)18-14(19)9-5-4-6-10(16)12(9)17/h4-7H,3H2,1-2H3,(H,18,19). The average molecular weight is 325 g/mol. The molecule has 0 aliphatic heterocycles. The molecule has 0 unspecified atom stereocenters. The second kappa shape index (κ2) is 6.65. The van der Waals surface area contributed by atoms with Gasteiger partial charge in [0.1, 0.15) is 4.88 Å². The van der Waals surface area contributed by atoms with Gasteiger partial charge in [-0.25, -0.2) is 13.6 Å². The third kappa shape index (κ3) is 3.30. The Morgan fingerprint density at radius 1 is 1.32 bits per heavy atom. The Balaban J connectivity index is 2.21. The molecule has 4 nitrogen and oxygen atoms in total. The minimum Gasteiger partial charge on any atom is -0.462 e. The lowest BCUT2D eigenvalue weighted by molar-refractivity contribution is 0.0531. The van der Waals surface area contributed by atoms with E-state index in [1.165, 1.54) is 12.1 Å². The number of benzene rings is 1. The van der Waals surface area contributed by atoms with Gasteiger partial charge in [0, 0.05) is 0 Å². The first-order chi connectivity index (χ1) is 10.4. The van der Waals surface area contributed by atoms with E-state index in [2.05, 4.69) is 5.32 Å². The lowest BCUT2D eigenvalue weighted by Crippen LogP contribution is -2.13. The predicted octanol–water partition coefficient (Wildman–Crippen LogP) is 3.76. The lowest BCUT2D eigenvalue weighted by atomic mass is 10.2. The minimum atomic E-state index is -1.21. The highest BCUT2D eigenvalue weighted by molar-refractivity contribution is 7.18. The van der Waals surface area contributed by atoms with Gasteiger partial charge in [-0.15, -0.1) is 11.3 Å². The van der Waals surface area contributed by atoms with Crippen molar-refractivity contribution in [1.29, 1.82) is 0 Å². The third-order valence-electron chi connectivity index (χ3n) is 2.81. The third-order valence-corrected chi connectivity index (χ3v) is 3.94. The van der Waals surface area contributed by atoms with Gasteiger partial charge in [0.05, 0.1) is 17.2 Å². The molecule has 0 saturated carbocycles. The van der Waals surface area contributed by atoms with E-state index in [0.29, 0.717) is 15.4 Å². The summed E-state index contributed by atoms with van der Waals surface area (Å²) in [4.78, 5) is 24.0. The van der Waals surface area contributed by atoms with Crippen molar-refractivity contribution in [2.75, 3.05) is 11.9 Å². The van der Waals surface area contributed by atoms with E-state index < -0.39 is 29.1 Å². The summed E-state index contributed by atoms with van der Waals surface area (Å²) in [6, 6.07) is 4.93. The summed E-state index contributed by atoms with van der Waals surface area (Å²) in [6.45, 7) is 3.63. The molecule has 0 fully saturated rings. The normalized spacial score (nSPS) is 10.4. The van der Waals surface area contributed by atoms with Crippen molar-refractivity contribution in [2.45, 2.75) is 13.8 Å². The Morgan fingerprint density at radius 2 is 2.05 bits per heavy atom. The predicted molar refractivity (Wildman–Crippen MR) is 79.3 cm³/mol. The number of carbonyl (C=O) groups excluding carboxylic acids is 2. The fourth-order valence-corrected chi connectivity index (χ4v) is 2.76. The van der Waals surface area contributed by atoms with Gasteiger partial charge in [0.15, 0.2) is 11.6 Å². The van der Waals surface area contributed by atoms with Crippen LogP contribution >= 0.6 is 11.3 Å². The van der Waals surface area contributed by atoms with E-state index in [1.807, 2.05) is 0 Å². The summed E-state index contributed by atoms with van der Waals surface area (Å²) in [5.74, 6) is -3.57. The zero-order valence-electron chi connectivity index (χ0n) is 11.9. The van der Waals surface area contributed by atoms with Crippen molar-refractivity contribution in [1.82, 2.24) is 0 Å². The van der Waals surface area contributed by atoms with Crippen LogP contribution in [-0.4, -0.2) is 18.5 Å². The molecule has 0 atom stereocenters. The number of esters is 1. The number of ether oxygens (including phenoxy) is 1. The van der Waals surface area contributed by atoms with Crippen LogP contribution in [0.5, 0.6) is 0 Å². The van der Waals surface area contributed by atoms with E-state index in [9.17, 15) is 18.4 Å². The summed E-state index contributed by atoms with van der Waals surface area (Å²) in [7, 11) is 0. The zero-order valence-corrected chi connectivity index (χ0v) is 12.7. The highest BCUT2D eigenvalue weighted by atomic mass is 32.1. The minimum absolute atomic E-state index is 0.242. The second-order valence-corrected chi connectivity index (χ2v) is 5.45. The van der Waals surface area contributed by atoms with Crippen LogP contribution in [0.25, 0.3) is 0 Å². The quantitative estimate of drug-likeness (QED) is 0.871. The molecule has 7 heteroatoms. The number of nitrogens with one attached hydrogen (secondary N) is 1. The van der Waals surface area contributed by atoms with Gasteiger partial charge in [0.2, 0.25) is 0 Å². The van der Waals surface area contributed by atoms with Crippen molar-refractivity contribution in [2.24, 2.45) is 0 Å². The van der Waals surface area contributed by atoms with E-state index in [1.54, 1.807) is 19.9 Å². The largest absolute Gasteiger partial charge is 0.462 e. The Kier molecular flexibility index (Phi) is 4.87. The van der Waals surface area contributed by atoms with Gasteiger partial charge in [-0.05, 0) is 37.6 Å². The number of thiophene rings is 1. The number of hydrogen-bond donors (Lipinski definition) is 1. The van der Waals surface area contributed by atoms with E-state index in [-0.39, 0.29) is 6.61 Å². The monoisotopic (exact) mass is 325 g/mol. The Bertz CT molecular complexity index is 728. The highest BCUT2D eigenvalue weighted by Gasteiger charge is 2.19. The number of carbonyl (C=O) groups is 2. The van der Waals surface area contributed by atoms with Crippen LogP contribution in [0.2, 0.25) is 0 Å². The van der Waals surface area contributed by atoms with Crippen LogP contribution < -0.4 is 5.32 Å². The topological polar surface area (TPSA) is 55.4 Å². The van der Waals surface area contributed by atoms with E-state index in [4.69, 9.17) is 4.74 Å². The number of rotatable bonds is 4. The first-order valence-corrected chi connectivity index (χ1v) is 7.28. The molecule has 0 bridgehead atoms. The maximum absolute atomic E-state index is 13.6. The fraction of sp³-hybridized carbons (Fsp3) is 0.200. The van der Waals surface area contributed by atoms with Crippen molar-refractivity contribution >= 4 is 28.2 Å². The molecule has 1 aromatic carbocycles. The maximum atomic E-state index is 13.6. The number of aryl methyl sites for hydroxylation is 1. The van der Waals surface area contributed by atoms with E-state index in [0.717, 1.165) is 17.4 Å². The molecule has 1 aromatic heterocycles. The summed E-state index contributed by atoms with van der Waals surface area (Å²) in [6.07, 6.45) is 0. The van der Waals surface area contributed by atoms with Crippen LogP contribution in [0, 0.1) is 18.6 Å². The van der Waals surface area contributed by atoms with Crippen LogP contribution in [0.3, 0.4) is 0 Å². The second-order valence-electron chi connectivity index (χ2n) is 4.40. The van der Waals surface area contributed by atoms with Gasteiger partial charge in [-0.3, -0.25) is 4.79 Å². The number of halogens is 2. The fourth-order valence-electron chi connectivity index (χ4n) is 1.80. The van der Waals surface area contributed by atoms with E-state index >= 15 is 0 Å². The number of anilines is 1. The number of hydrogen-bond acceptors (Lipinski definition) is 4. The molecule has 116 valence electrons. The van der Waals surface area contributed by atoms with Crippen LogP contribution in [0.4, 0.5) is 13.8 Å². The maximum Gasteiger partial charge on any atom is 0.348 e. The Hall–Kier alpha value is -2.28. The molecule has 22 heavy (non-hydrogen) atoms. The van der Waals surface area contributed by atoms with Gasteiger partial charge in [-0.2, -0.15) is 0 Å². The van der Waals surface area contributed by atoms with Crippen LogP contribution in [-0.2, 0) is 4.74 Å². The smallest absolute Gasteiger partial charge is 0.348 e. The van der Waals surface area contributed by atoms with Crippen LogP contribution in [0.15, 0.2) is 24.3 Å². The van der Waals surface area contributed by atoms with Gasteiger partial charge < -0.3 is 10.1 Å². The molecule has 1 heterocycles. The van der Waals surface area contributed by atoms with Crippen molar-refractivity contribution in [3.63, 3.8) is 0 Å². The Morgan fingerprint density at radius 3 is 2.73 bits per heavy atom. The SMILES string of the molecule is CCOC(=O)c1sc(NC(=O)c2cccc(F)c2F)cc1C. The molecule has 2 aromatic rings. The zero-order chi connectivity index (χ0) is 16.3. The summed E-state index contributed by atoms with van der Waals surface area (Å²) in [5, 5.41) is 2.81. The molecule has 1 N–H and O–H groups in total. The van der Waals surface area contributed by atoms with Gasteiger partial charge >= 0.3 is 5.97 Å². The Labute approximate surface area is 129 Å². The molecule has 0 spiro atoms. The summed E-state index contributed by atoms with van der Waals surface area (Å²) >= 11 is 1.02. The molecular weight excluding hydrogens is 312 g/mol. The average Bonchev–Trinajstić information content (AvgIpc) is 2.82. The molecular formula is C15H13F2NO3S. The summed E-state index contributed by atoms with van der Waals surface area (Å²) < 4.78 is 31.6. The van der Waals surface area contributed by atoms with Crippen LogP contribution in [0.1, 0.15) is 32.5 Å². The number of amides is 1. The molecule has 0 radical (unpaired) electrons. The first-order valence-electron chi connectivity index (χ1n) is 6.47.